The lowest BCUT2D eigenvalue weighted by Gasteiger charge is -2.31. The number of methoxy groups -OCH3 is 1. The molecule has 1 aliphatic heterocycles. The van der Waals surface area contributed by atoms with Crippen LogP contribution in [0.15, 0.2) is 60.2 Å². The SMILES string of the molecule is COC(=O)c1ccc(-n2c(C)cc(/C=C3\C(=O)N(C)C(=O)N(c4ccccc4)C3=O)c2C)cc1Cl. The van der Waals surface area contributed by atoms with E-state index in [9.17, 15) is 19.2 Å². The highest BCUT2D eigenvalue weighted by atomic mass is 35.5. The molecule has 0 bridgehead atoms. The Labute approximate surface area is 207 Å². The zero-order valence-corrected chi connectivity index (χ0v) is 20.3. The van der Waals surface area contributed by atoms with Gasteiger partial charge in [0.1, 0.15) is 5.57 Å². The molecule has 0 spiro atoms. The number of benzene rings is 2. The van der Waals surface area contributed by atoms with Gasteiger partial charge in [-0.1, -0.05) is 29.8 Å². The molecule has 2 aromatic carbocycles. The fourth-order valence-corrected chi connectivity index (χ4v) is 4.30. The summed E-state index contributed by atoms with van der Waals surface area (Å²) < 4.78 is 6.63. The highest BCUT2D eigenvalue weighted by Gasteiger charge is 2.41. The molecule has 8 nitrogen and oxygen atoms in total. The first-order chi connectivity index (χ1) is 16.6. The molecule has 1 saturated heterocycles. The van der Waals surface area contributed by atoms with Crippen LogP contribution in [0, 0.1) is 13.8 Å². The van der Waals surface area contributed by atoms with Crippen LogP contribution in [0.1, 0.15) is 27.3 Å². The van der Waals surface area contributed by atoms with Gasteiger partial charge in [0, 0.05) is 24.1 Å². The second kappa shape index (κ2) is 9.23. The van der Waals surface area contributed by atoms with Gasteiger partial charge in [-0.2, -0.15) is 0 Å². The number of likely N-dealkylation sites (N-methyl/N-ethyl adjacent to an activating group) is 1. The van der Waals surface area contributed by atoms with Gasteiger partial charge < -0.3 is 9.30 Å². The fourth-order valence-electron chi connectivity index (χ4n) is 4.05. The number of hydrogen-bond donors (Lipinski definition) is 0. The van der Waals surface area contributed by atoms with Gasteiger partial charge >= 0.3 is 12.0 Å². The van der Waals surface area contributed by atoms with Crippen molar-refractivity contribution in [3.05, 3.63) is 87.7 Å². The average Bonchev–Trinajstić information content (AvgIpc) is 3.13. The molecule has 0 atom stereocenters. The first kappa shape index (κ1) is 24.0. The molecule has 1 aliphatic rings. The summed E-state index contributed by atoms with van der Waals surface area (Å²) in [6, 6.07) is 14.5. The van der Waals surface area contributed by atoms with Crippen molar-refractivity contribution in [2.45, 2.75) is 13.8 Å². The molecule has 0 N–H and O–H groups in total. The first-order valence-electron chi connectivity index (χ1n) is 10.7. The highest BCUT2D eigenvalue weighted by molar-refractivity contribution is 6.39. The van der Waals surface area contributed by atoms with E-state index in [0.29, 0.717) is 16.9 Å². The Balaban J connectivity index is 1.77. The molecule has 178 valence electrons. The number of imide groups is 2. The van der Waals surface area contributed by atoms with Gasteiger partial charge in [-0.15, -0.1) is 0 Å². The van der Waals surface area contributed by atoms with E-state index < -0.39 is 23.8 Å². The Morgan fingerprint density at radius 1 is 0.943 bits per heavy atom. The Morgan fingerprint density at radius 2 is 1.63 bits per heavy atom. The molecule has 1 fully saturated rings. The number of nitrogens with zero attached hydrogens (tertiary/aromatic N) is 3. The van der Waals surface area contributed by atoms with Crippen molar-refractivity contribution in [3.8, 4) is 5.69 Å². The third kappa shape index (κ3) is 4.13. The number of rotatable bonds is 4. The van der Waals surface area contributed by atoms with Gasteiger partial charge in [0.2, 0.25) is 0 Å². The molecule has 1 aromatic heterocycles. The third-order valence-electron chi connectivity index (χ3n) is 5.85. The number of hydrogen-bond acceptors (Lipinski definition) is 5. The van der Waals surface area contributed by atoms with Crippen LogP contribution in [0.5, 0.6) is 0 Å². The molecular weight excluding hydrogens is 470 g/mol. The summed E-state index contributed by atoms with van der Waals surface area (Å²) in [4.78, 5) is 52.6. The van der Waals surface area contributed by atoms with Crippen molar-refractivity contribution >= 4 is 47.2 Å². The van der Waals surface area contributed by atoms with Gasteiger partial charge in [0.25, 0.3) is 11.8 Å². The van der Waals surface area contributed by atoms with Gasteiger partial charge in [-0.05, 0) is 61.9 Å². The van der Waals surface area contributed by atoms with Crippen LogP contribution in [-0.4, -0.2) is 47.4 Å². The number of para-hydroxylation sites is 1. The molecule has 0 saturated carbocycles. The van der Waals surface area contributed by atoms with Crippen LogP contribution in [0.4, 0.5) is 10.5 Å². The number of barbiturate groups is 1. The summed E-state index contributed by atoms with van der Waals surface area (Å²) in [7, 11) is 2.62. The number of anilines is 1. The normalized spacial score (nSPS) is 15.2. The Bertz CT molecular complexity index is 1410. The molecule has 0 unspecified atom stereocenters. The van der Waals surface area contributed by atoms with E-state index in [2.05, 4.69) is 0 Å². The number of halogens is 1. The van der Waals surface area contributed by atoms with Crippen molar-refractivity contribution < 1.29 is 23.9 Å². The van der Waals surface area contributed by atoms with E-state index in [1.807, 2.05) is 24.5 Å². The Kier molecular flexibility index (Phi) is 6.32. The minimum absolute atomic E-state index is 0.129. The minimum atomic E-state index is -0.714. The smallest absolute Gasteiger partial charge is 0.339 e. The molecule has 35 heavy (non-hydrogen) atoms. The predicted molar refractivity (Wildman–Crippen MR) is 132 cm³/mol. The van der Waals surface area contributed by atoms with Crippen LogP contribution in [0.2, 0.25) is 5.02 Å². The highest BCUT2D eigenvalue weighted by Crippen LogP contribution is 2.29. The number of aryl methyl sites for hydroxylation is 1. The number of ether oxygens (including phenoxy) is 1. The lowest BCUT2D eigenvalue weighted by atomic mass is 10.1. The molecule has 9 heteroatoms. The zero-order chi connectivity index (χ0) is 25.4. The van der Waals surface area contributed by atoms with Crippen LogP contribution in [-0.2, 0) is 14.3 Å². The van der Waals surface area contributed by atoms with Gasteiger partial charge in [-0.25, -0.2) is 14.5 Å². The zero-order valence-electron chi connectivity index (χ0n) is 19.5. The molecule has 0 aliphatic carbocycles. The maximum Gasteiger partial charge on any atom is 0.339 e. The van der Waals surface area contributed by atoms with Gasteiger partial charge in [-0.3, -0.25) is 14.5 Å². The number of esters is 1. The van der Waals surface area contributed by atoms with E-state index in [0.717, 1.165) is 21.2 Å². The quantitative estimate of drug-likeness (QED) is 0.303. The number of carbonyl (C=O) groups excluding carboxylic acids is 4. The molecule has 4 amide bonds. The van der Waals surface area contributed by atoms with E-state index in [1.54, 1.807) is 48.5 Å². The number of aromatic nitrogens is 1. The summed E-state index contributed by atoms with van der Waals surface area (Å²) in [6.45, 7) is 3.71. The summed E-state index contributed by atoms with van der Waals surface area (Å²) in [5.41, 5.74) is 3.37. The molecular formula is C26H22ClN3O5. The number of urea groups is 1. The van der Waals surface area contributed by atoms with Crippen molar-refractivity contribution in [1.29, 1.82) is 0 Å². The summed E-state index contributed by atoms with van der Waals surface area (Å²) in [5.74, 6) is -1.91. The Hall–Kier alpha value is -4.17. The molecule has 2 heterocycles. The third-order valence-corrected chi connectivity index (χ3v) is 6.16. The Morgan fingerprint density at radius 3 is 2.26 bits per heavy atom. The topological polar surface area (TPSA) is 88.9 Å². The van der Waals surface area contributed by atoms with Gasteiger partial charge in [0.15, 0.2) is 0 Å². The van der Waals surface area contributed by atoms with Crippen LogP contribution < -0.4 is 4.90 Å². The summed E-state index contributed by atoms with van der Waals surface area (Å²) >= 11 is 6.30. The minimum Gasteiger partial charge on any atom is -0.465 e. The van der Waals surface area contributed by atoms with Crippen LogP contribution in [0.25, 0.3) is 11.8 Å². The average molecular weight is 492 g/mol. The lowest BCUT2D eigenvalue weighted by molar-refractivity contribution is -0.128. The second-order valence-corrected chi connectivity index (χ2v) is 8.41. The fraction of sp³-hybridized carbons (Fsp3) is 0.154. The molecule has 3 aromatic rings. The first-order valence-corrected chi connectivity index (χ1v) is 11.0. The van der Waals surface area contributed by atoms with Gasteiger partial charge in [0.05, 0.1) is 23.4 Å². The largest absolute Gasteiger partial charge is 0.465 e. The van der Waals surface area contributed by atoms with Crippen LogP contribution >= 0.6 is 11.6 Å². The predicted octanol–water partition coefficient (Wildman–Crippen LogP) is 4.54. The molecule has 4 rings (SSSR count). The number of carbonyl (C=O) groups is 4. The van der Waals surface area contributed by atoms with Crippen molar-refractivity contribution in [3.63, 3.8) is 0 Å². The van der Waals surface area contributed by atoms with Crippen LogP contribution in [0.3, 0.4) is 0 Å². The second-order valence-electron chi connectivity index (χ2n) is 8.00. The maximum atomic E-state index is 13.3. The van der Waals surface area contributed by atoms with E-state index in [4.69, 9.17) is 16.3 Å². The van der Waals surface area contributed by atoms with E-state index in [1.165, 1.54) is 20.2 Å². The van der Waals surface area contributed by atoms with E-state index >= 15 is 0 Å². The van der Waals surface area contributed by atoms with Crippen molar-refractivity contribution in [1.82, 2.24) is 9.47 Å². The monoisotopic (exact) mass is 491 g/mol. The summed E-state index contributed by atoms with van der Waals surface area (Å²) in [6.07, 6.45) is 1.49. The maximum absolute atomic E-state index is 13.3. The molecule has 0 radical (unpaired) electrons. The van der Waals surface area contributed by atoms with E-state index in [-0.39, 0.29) is 16.2 Å². The van der Waals surface area contributed by atoms with Crippen molar-refractivity contribution in [2.75, 3.05) is 19.1 Å². The number of amides is 4. The lowest BCUT2D eigenvalue weighted by Crippen LogP contribution is -2.55. The standard InChI is InChI=1S/C26H22ClN3O5/c1-15-12-17(16(2)29(15)19-10-11-20(22(27)14-19)25(33)35-4)13-21-23(31)28(3)26(34)30(24(21)32)18-8-6-5-7-9-18/h5-14H,1-4H3/b21-13+. The summed E-state index contributed by atoms with van der Waals surface area (Å²) in [5, 5.41) is 0.234. The van der Waals surface area contributed by atoms with Crippen molar-refractivity contribution in [2.24, 2.45) is 0 Å².